The fraction of sp³-hybridized carbons (Fsp3) is 0.600. The summed E-state index contributed by atoms with van der Waals surface area (Å²) in [5, 5.41) is 3.95. The van der Waals surface area contributed by atoms with Gasteiger partial charge in [0, 0.05) is 42.3 Å². The first-order valence-corrected chi connectivity index (χ1v) is 7.70. The van der Waals surface area contributed by atoms with Crippen LogP contribution in [-0.2, 0) is 6.54 Å². The van der Waals surface area contributed by atoms with Crippen LogP contribution in [0.2, 0.25) is 5.02 Å². The molecule has 1 aromatic rings. The molecule has 2 aliphatic rings. The van der Waals surface area contributed by atoms with Gasteiger partial charge in [0.15, 0.2) is 0 Å². The first kappa shape index (κ1) is 15.0. The summed E-state index contributed by atoms with van der Waals surface area (Å²) in [7, 11) is 0. The summed E-state index contributed by atoms with van der Waals surface area (Å²) in [4.78, 5) is 2.51. The highest BCUT2D eigenvalue weighted by atomic mass is 35.5. The molecule has 116 valence electrons. The summed E-state index contributed by atoms with van der Waals surface area (Å²) in [6, 6.07) is 5.92. The largest absolute Gasteiger partial charge is 0.434 e. The summed E-state index contributed by atoms with van der Waals surface area (Å²) in [5.41, 5.74) is 0.674. The van der Waals surface area contributed by atoms with Crippen molar-refractivity contribution in [2.45, 2.75) is 44.5 Å². The van der Waals surface area contributed by atoms with Crippen LogP contribution in [0.15, 0.2) is 18.2 Å². The number of halogens is 3. The van der Waals surface area contributed by atoms with E-state index in [4.69, 9.17) is 11.6 Å². The van der Waals surface area contributed by atoms with Crippen molar-refractivity contribution in [3.8, 4) is 5.75 Å². The second kappa shape index (κ2) is 6.46. The second-order valence-corrected chi connectivity index (χ2v) is 6.16. The molecule has 3 nitrogen and oxygen atoms in total. The Morgan fingerprint density at radius 2 is 2.14 bits per heavy atom. The lowest BCUT2D eigenvalue weighted by Gasteiger charge is -2.17. The summed E-state index contributed by atoms with van der Waals surface area (Å²) in [6.45, 7) is -0.165. The molecule has 21 heavy (non-hydrogen) atoms. The second-order valence-electron chi connectivity index (χ2n) is 5.72. The van der Waals surface area contributed by atoms with Gasteiger partial charge in [-0.15, -0.1) is 0 Å². The third-order valence-corrected chi connectivity index (χ3v) is 4.34. The lowest BCUT2D eigenvalue weighted by molar-refractivity contribution is -0.0505. The molecule has 0 unspecified atom stereocenters. The van der Waals surface area contributed by atoms with E-state index >= 15 is 0 Å². The van der Waals surface area contributed by atoms with Crippen LogP contribution < -0.4 is 10.1 Å². The van der Waals surface area contributed by atoms with Crippen LogP contribution in [0.25, 0.3) is 0 Å². The van der Waals surface area contributed by atoms with E-state index in [0.717, 1.165) is 25.6 Å². The first-order chi connectivity index (χ1) is 10.1. The molecule has 1 aliphatic carbocycles. The molecule has 1 heterocycles. The zero-order chi connectivity index (χ0) is 14.8. The van der Waals surface area contributed by atoms with Crippen LogP contribution in [0.3, 0.4) is 0 Å². The molecule has 0 aromatic heterocycles. The van der Waals surface area contributed by atoms with E-state index in [1.54, 1.807) is 12.1 Å². The molecular formula is C15H19ClF2N2O. The Kier molecular flexibility index (Phi) is 4.62. The summed E-state index contributed by atoms with van der Waals surface area (Å²) in [5.74, 6) is 0.193. The van der Waals surface area contributed by atoms with E-state index in [9.17, 15) is 8.78 Å². The molecule has 0 radical (unpaired) electrons. The standard InChI is InChI=1S/C15H19ClF2N2O/c16-11-1-4-14(21-15(17)18)10(7-11)8-19-12-5-6-20(9-12)13-2-3-13/h1,4,7,12-13,15,19H,2-3,5-6,8-9H2/t12-/m1/s1. The molecule has 0 bridgehead atoms. The average molecular weight is 317 g/mol. The molecule has 3 rings (SSSR count). The highest BCUT2D eigenvalue weighted by molar-refractivity contribution is 6.30. The van der Waals surface area contributed by atoms with Crippen molar-refractivity contribution in [3.63, 3.8) is 0 Å². The van der Waals surface area contributed by atoms with Gasteiger partial charge in [-0.3, -0.25) is 4.90 Å². The van der Waals surface area contributed by atoms with Gasteiger partial charge in [0.25, 0.3) is 0 Å². The van der Waals surface area contributed by atoms with Crippen LogP contribution in [0.1, 0.15) is 24.8 Å². The maximum atomic E-state index is 12.4. The minimum absolute atomic E-state index is 0.193. The van der Waals surface area contributed by atoms with Gasteiger partial charge in [-0.1, -0.05) is 11.6 Å². The third kappa shape index (κ3) is 4.05. The maximum Gasteiger partial charge on any atom is 0.387 e. The van der Waals surface area contributed by atoms with E-state index in [1.807, 2.05) is 0 Å². The number of hydrogen-bond donors (Lipinski definition) is 1. The molecule has 0 spiro atoms. The van der Waals surface area contributed by atoms with E-state index in [0.29, 0.717) is 23.2 Å². The topological polar surface area (TPSA) is 24.5 Å². The fourth-order valence-corrected chi connectivity index (χ4v) is 3.07. The molecule has 1 aromatic carbocycles. The number of rotatable bonds is 6. The van der Waals surface area contributed by atoms with Crippen molar-refractivity contribution in [1.82, 2.24) is 10.2 Å². The zero-order valence-electron chi connectivity index (χ0n) is 11.7. The Balaban J connectivity index is 1.57. The van der Waals surface area contributed by atoms with Gasteiger partial charge < -0.3 is 10.1 Å². The predicted molar refractivity (Wildman–Crippen MR) is 77.9 cm³/mol. The molecule has 1 atom stereocenters. The van der Waals surface area contributed by atoms with Crippen molar-refractivity contribution >= 4 is 11.6 Å². The maximum absolute atomic E-state index is 12.4. The number of alkyl halides is 2. The minimum Gasteiger partial charge on any atom is -0.434 e. The van der Waals surface area contributed by atoms with E-state index < -0.39 is 6.61 Å². The molecule has 2 fully saturated rings. The highest BCUT2D eigenvalue weighted by Gasteiger charge is 2.34. The SMILES string of the molecule is FC(F)Oc1ccc(Cl)cc1CN[C@@H]1CCN(C2CC2)C1. The van der Waals surface area contributed by atoms with Gasteiger partial charge in [0.05, 0.1) is 0 Å². The molecule has 1 aliphatic heterocycles. The highest BCUT2D eigenvalue weighted by Crippen LogP contribution is 2.30. The van der Waals surface area contributed by atoms with Crippen molar-refractivity contribution < 1.29 is 13.5 Å². The summed E-state index contributed by atoms with van der Waals surface area (Å²) in [6.07, 6.45) is 3.73. The minimum atomic E-state index is -2.82. The van der Waals surface area contributed by atoms with Gasteiger partial charge in [0.2, 0.25) is 0 Å². The Labute approximate surface area is 128 Å². The van der Waals surface area contributed by atoms with E-state index in [2.05, 4.69) is 15.0 Å². The Bertz CT molecular complexity index is 497. The molecular weight excluding hydrogens is 298 g/mol. The smallest absolute Gasteiger partial charge is 0.387 e. The van der Waals surface area contributed by atoms with Gasteiger partial charge >= 0.3 is 6.61 Å². The Morgan fingerprint density at radius 3 is 2.86 bits per heavy atom. The zero-order valence-corrected chi connectivity index (χ0v) is 12.5. The number of benzene rings is 1. The lowest BCUT2D eigenvalue weighted by Crippen LogP contribution is -2.33. The number of nitrogens with zero attached hydrogens (tertiary/aromatic N) is 1. The molecule has 6 heteroatoms. The fourth-order valence-electron chi connectivity index (χ4n) is 2.88. The quantitative estimate of drug-likeness (QED) is 0.872. The van der Waals surface area contributed by atoms with Gasteiger partial charge in [0.1, 0.15) is 5.75 Å². The van der Waals surface area contributed by atoms with Crippen molar-refractivity contribution in [2.24, 2.45) is 0 Å². The van der Waals surface area contributed by atoms with Crippen LogP contribution in [-0.4, -0.2) is 36.7 Å². The van der Waals surface area contributed by atoms with Crippen LogP contribution in [0.4, 0.5) is 8.78 Å². The molecule has 1 saturated heterocycles. The predicted octanol–water partition coefficient (Wildman–Crippen LogP) is 3.27. The summed E-state index contributed by atoms with van der Waals surface area (Å²) < 4.78 is 29.4. The molecule has 1 N–H and O–H groups in total. The van der Waals surface area contributed by atoms with Gasteiger partial charge in [-0.2, -0.15) is 8.78 Å². The average Bonchev–Trinajstić information content (AvgIpc) is 3.18. The lowest BCUT2D eigenvalue weighted by atomic mass is 10.1. The van der Waals surface area contributed by atoms with E-state index in [-0.39, 0.29) is 5.75 Å². The summed E-state index contributed by atoms with van der Waals surface area (Å²) >= 11 is 5.94. The van der Waals surface area contributed by atoms with Crippen molar-refractivity contribution in [3.05, 3.63) is 28.8 Å². The van der Waals surface area contributed by atoms with Crippen molar-refractivity contribution in [2.75, 3.05) is 13.1 Å². The van der Waals surface area contributed by atoms with Gasteiger partial charge in [-0.05, 0) is 37.5 Å². The van der Waals surface area contributed by atoms with Gasteiger partial charge in [-0.25, -0.2) is 0 Å². The van der Waals surface area contributed by atoms with Crippen molar-refractivity contribution in [1.29, 1.82) is 0 Å². The molecule has 1 saturated carbocycles. The Morgan fingerprint density at radius 1 is 1.33 bits per heavy atom. The number of likely N-dealkylation sites (tertiary alicyclic amines) is 1. The first-order valence-electron chi connectivity index (χ1n) is 7.32. The normalized spacial score (nSPS) is 23.0. The van der Waals surface area contributed by atoms with E-state index in [1.165, 1.54) is 18.9 Å². The monoisotopic (exact) mass is 316 g/mol. The third-order valence-electron chi connectivity index (χ3n) is 4.10. The Hall–Kier alpha value is -0.910. The van der Waals surface area contributed by atoms with Crippen LogP contribution >= 0.6 is 11.6 Å². The number of hydrogen-bond acceptors (Lipinski definition) is 3. The number of ether oxygens (including phenoxy) is 1. The van der Waals surface area contributed by atoms with Crippen LogP contribution in [0, 0.1) is 0 Å². The molecule has 0 amide bonds. The van der Waals surface area contributed by atoms with Crippen LogP contribution in [0.5, 0.6) is 5.75 Å². The number of nitrogens with one attached hydrogen (secondary N) is 1.